The smallest absolute Gasteiger partial charge is 0.462 e. The van der Waals surface area contributed by atoms with Crippen LogP contribution in [0.3, 0.4) is 0 Å². The van der Waals surface area contributed by atoms with Crippen LogP contribution in [0, 0.1) is 17.8 Å². The molecule has 0 rings (SSSR count). The van der Waals surface area contributed by atoms with Crippen LogP contribution in [0.15, 0.2) is 0 Å². The van der Waals surface area contributed by atoms with Crippen LogP contribution in [0.5, 0.6) is 0 Å². The number of phosphoric acid groups is 2. The van der Waals surface area contributed by atoms with Gasteiger partial charge in [0.2, 0.25) is 0 Å². The van der Waals surface area contributed by atoms with Gasteiger partial charge in [0.15, 0.2) is 12.2 Å². The van der Waals surface area contributed by atoms with Crippen molar-refractivity contribution in [2.24, 2.45) is 17.8 Å². The molecule has 0 aromatic heterocycles. The van der Waals surface area contributed by atoms with Crippen molar-refractivity contribution in [1.82, 2.24) is 0 Å². The van der Waals surface area contributed by atoms with E-state index in [0.717, 1.165) is 120 Å². The number of aliphatic hydroxyl groups excluding tert-OH is 1. The first kappa shape index (κ1) is 84.1. The lowest BCUT2D eigenvalue weighted by molar-refractivity contribution is -0.161. The van der Waals surface area contributed by atoms with Crippen LogP contribution in [0.1, 0.15) is 331 Å². The van der Waals surface area contributed by atoms with Gasteiger partial charge in [0.25, 0.3) is 0 Å². The molecule has 0 saturated carbocycles. The minimum atomic E-state index is -4.95. The number of hydrogen-bond acceptors (Lipinski definition) is 15. The van der Waals surface area contributed by atoms with Gasteiger partial charge in [-0.05, 0) is 43.4 Å². The van der Waals surface area contributed by atoms with Crippen LogP contribution in [0.4, 0.5) is 0 Å². The van der Waals surface area contributed by atoms with Gasteiger partial charge in [0, 0.05) is 25.7 Å². The van der Waals surface area contributed by atoms with Crippen molar-refractivity contribution >= 4 is 39.5 Å². The predicted octanol–water partition coefficient (Wildman–Crippen LogP) is 18.7. The molecule has 17 nitrogen and oxygen atoms in total. The average molecular weight is 1270 g/mol. The van der Waals surface area contributed by atoms with Gasteiger partial charge in [-0.15, -0.1) is 0 Å². The molecule has 510 valence electrons. The molecule has 0 heterocycles. The molecule has 0 aliphatic carbocycles. The van der Waals surface area contributed by atoms with Gasteiger partial charge in [-0.3, -0.25) is 37.3 Å². The summed E-state index contributed by atoms with van der Waals surface area (Å²) in [7, 11) is -9.89. The van der Waals surface area contributed by atoms with Crippen molar-refractivity contribution in [3.63, 3.8) is 0 Å². The molecule has 0 spiro atoms. The fraction of sp³-hybridized carbons (Fsp3) is 0.940. The summed E-state index contributed by atoms with van der Waals surface area (Å²) in [5, 5.41) is 10.6. The Labute approximate surface area is 524 Å². The zero-order valence-electron chi connectivity index (χ0n) is 55.8. The summed E-state index contributed by atoms with van der Waals surface area (Å²) < 4.78 is 68.1. The highest BCUT2D eigenvalue weighted by Crippen LogP contribution is 2.45. The van der Waals surface area contributed by atoms with E-state index in [2.05, 4.69) is 48.5 Å². The lowest BCUT2D eigenvalue weighted by Gasteiger charge is -2.21. The van der Waals surface area contributed by atoms with E-state index in [9.17, 15) is 43.2 Å². The molecular formula is C67H130O17P2. The summed E-state index contributed by atoms with van der Waals surface area (Å²) >= 11 is 0. The van der Waals surface area contributed by atoms with Crippen LogP contribution in [0.2, 0.25) is 0 Å². The maximum Gasteiger partial charge on any atom is 0.472 e. The lowest BCUT2D eigenvalue weighted by atomic mass is 9.99. The molecule has 0 fully saturated rings. The van der Waals surface area contributed by atoms with Crippen molar-refractivity contribution in [3.8, 4) is 0 Å². The molecule has 0 aliphatic heterocycles. The number of carbonyl (C=O) groups is 4. The SMILES string of the molecule is CCCCCCCCCC(=O)OC[C@H](COP(=O)(O)OC[C@H](O)COP(=O)(O)OC[C@@H](COC(=O)CCCCCCCCCCC(C)CC)OC(=O)CCCCCCCCCCCCCCC(C)C)OC(=O)CCCCCCCCCCC(C)CC. The molecule has 0 saturated heterocycles. The van der Waals surface area contributed by atoms with E-state index in [4.69, 9.17) is 37.0 Å². The minimum absolute atomic E-state index is 0.104. The largest absolute Gasteiger partial charge is 0.472 e. The number of phosphoric ester groups is 2. The summed E-state index contributed by atoms with van der Waals surface area (Å²) in [4.78, 5) is 72.3. The van der Waals surface area contributed by atoms with Gasteiger partial charge in [0.1, 0.15) is 19.3 Å². The first-order valence-corrected chi connectivity index (χ1v) is 37.9. The Kier molecular flexibility index (Phi) is 56.9. The zero-order valence-corrected chi connectivity index (χ0v) is 57.6. The van der Waals surface area contributed by atoms with E-state index in [1.54, 1.807) is 0 Å². The molecule has 0 radical (unpaired) electrons. The number of unbranched alkanes of at least 4 members (excludes halogenated alkanes) is 31. The molecule has 0 bridgehead atoms. The van der Waals surface area contributed by atoms with E-state index in [0.29, 0.717) is 25.7 Å². The van der Waals surface area contributed by atoms with E-state index in [-0.39, 0.29) is 25.7 Å². The molecule has 0 aromatic rings. The number of esters is 4. The fourth-order valence-corrected chi connectivity index (χ4v) is 11.5. The third kappa shape index (κ3) is 58.4. The Bertz CT molecular complexity index is 1700. The number of carbonyl (C=O) groups excluding carboxylic acids is 4. The number of ether oxygens (including phenoxy) is 4. The molecule has 3 N–H and O–H groups in total. The fourth-order valence-electron chi connectivity index (χ4n) is 9.95. The van der Waals surface area contributed by atoms with Crippen LogP contribution in [-0.4, -0.2) is 96.7 Å². The van der Waals surface area contributed by atoms with E-state index in [1.807, 2.05) is 0 Å². The van der Waals surface area contributed by atoms with Gasteiger partial charge in [0.05, 0.1) is 26.4 Å². The van der Waals surface area contributed by atoms with Crippen LogP contribution in [-0.2, 0) is 65.4 Å². The third-order valence-corrected chi connectivity index (χ3v) is 18.0. The number of aliphatic hydroxyl groups is 1. The topological polar surface area (TPSA) is 237 Å². The first-order chi connectivity index (χ1) is 41.3. The van der Waals surface area contributed by atoms with Gasteiger partial charge in [-0.25, -0.2) is 9.13 Å². The molecule has 4 unspecified atom stereocenters. The van der Waals surface area contributed by atoms with E-state index in [1.165, 1.54) is 128 Å². The number of rotatable bonds is 65. The molecule has 86 heavy (non-hydrogen) atoms. The van der Waals surface area contributed by atoms with E-state index >= 15 is 0 Å². The van der Waals surface area contributed by atoms with Crippen LogP contribution >= 0.6 is 15.6 Å². The van der Waals surface area contributed by atoms with Crippen LogP contribution in [0.25, 0.3) is 0 Å². The van der Waals surface area contributed by atoms with Crippen molar-refractivity contribution in [2.75, 3.05) is 39.6 Å². The second-order valence-electron chi connectivity index (χ2n) is 25.2. The Hall–Kier alpha value is -1.94. The standard InChI is InChI=1S/C67H130O17P2/c1-8-11-12-13-24-34-41-48-64(69)77-54-62(84-67(72)51-44-37-30-23-21-27-33-40-47-60(7)10-3)56-81-85(73,74)79-52-61(68)53-80-86(75,76)82-57-63(55-78-65(70)49-42-35-28-22-20-26-32-39-46-59(6)9-2)83-66(71)50-43-36-29-19-17-15-14-16-18-25-31-38-45-58(4)5/h58-63,68H,8-57H2,1-7H3,(H,73,74)(H,75,76)/t59?,60?,61-,62+,63+/m0/s1. The maximum absolute atomic E-state index is 13.0. The molecule has 0 aliphatic rings. The highest BCUT2D eigenvalue weighted by molar-refractivity contribution is 7.47. The monoisotopic (exact) mass is 1270 g/mol. The van der Waals surface area contributed by atoms with Crippen molar-refractivity contribution < 1.29 is 80.2 Å². The van der Waals surface area contributed by atoms with Crippen molar-refractivity contribution in [1.29, 1.82) is 0 Å². The Morgan fingerprint density at radius 3 is 0.884 bits per heavy atom. The summed E-state index contributed by atoms with van der Waals surface area (Å²) in [5.41, 5.74) is 0. The lowest BCUT2D eigenvalue weighted by Crippen LogP contribution is -2.30. The Morgan fingerprint density at radius 2 is 0.593 bits per heavy atom. The molecule has 7 atom stereocenters. The molecule has 0 aromatic carbocycles. The Balaban J connectivity index is 5.23. The zero-order chi connectivity index (χ0) is 63.8. The molecular weight excluding hydrogens is 1140 g/mol. The summed E-state index contributed by atoms with van der Waals surface area (Å²) in [6, 6.07) is 0. The summed E-state index contributed by atoms with van der Waals surface area (Å²) in [6.45, 7) is 11.8. The van der Waals surface area contributed by atoms with Crippen molar-refractivity contribution in [2.45, 2.75) is 349 Å². The summed E-state index contributed by atoms with van der Waals surface area (Å²) in [5.74, 6) is 0.188. The van der Waals surface area contributed by atoms with Gasteiger partial charge < -0.3 is 33.8 Å². The quantitative estimate of drug-likeness (QED) is 0.0222. The summed E-state index contributed by atoms with van der Waals surface area (Å²) in [6.07, 6.45) is 40.3. The van der Waals surface area contributed by atoms with Gasteiger partial charge >= 0.3 is 39.5 Å². The minimum Gasteiger partial charge on any atom is -0.462 e. The van der Waals surface area contributed by atoms with Gasteiger partial charge in [-0.1, -0.05) is 280 Å². The molecule has 19 heteroatoms. The first-order valence-electron chi connectivity index (χ1n) is 34.9. The Morgan fingerprint density at radius 1 is 0.337 bits per heavy atom. The maximum atomic E-state index is 13.0. The second kappa shape index (κ2) is 58.2. The normalized spacial score (nSPS) is 14.9. The van der Waals surface area contributed by atoms with Gasteiger partial charge in [-0.2, -0.15) is 0 Å². The van der Waals surface area contributed by atoms with Crippen LogP contribution < -0.4 is 0 Å². The van der Waals surface area contributed by atoms with Crippen molar-refractivity contribution in [3.05, 3.63) is 0 Å². The predicted molar refractivity (Wildman–Crippen MR) is 344 cm³/mol. The second-order valence-corrected chi connectivity index (χ2v) is 28.1. The van der Waals surface area contributed by atoms with E-state index < -0.39 is 97.5 Å². The highest BCUT2D eigenvalue weighted by atomic mass is 31.2. The molecule has 0 amide bonds. The highest BCUT2D eigenvalue weighted by Gasteiger charge is 2.30. The number of hydrogen-bond donors (Lipinski definition) is 3. The average Bonchev–Trinajstić information content (AvgIpc) is 3.50. The third-order valence-electron chi connectivity index (χ3n) is 16.1.